The van der Waals surface area contributed by atoms with Gasteiger partial charge in [-0.1, -0.05) is 19.1 Å². The standard InChI is InChI=1S/C15H24N2O/c1-5-11-16-14-10-8-7-9-13(14)15(18)17(6-2)12(3)4/h7-10,12,16H,5-6,11H2,1-4H3. The van der Waals surface area contributed by atoms with Crippen molar-refractivity contribution in [1.82, 2.24) is 4.90 Å². The number of hydrogen-bond acceptors (Lipinski definition) is 2. The third kappa shape index (κ3) is 3.49. The highest BCUT2D eigenvalue weighted by Gasteiger charge is 2.19. The largest absolute Gasteiger partial charge is 0.384 e. The number of hydrogen-bond donors (Lipinski definition) is 1. The van der Waals surface area contributed by atoms with Gasteiger partial charge < -0.3 is 10.2 Å². The molecule has 0 bridgehead atoms. The Bertz CT molecular complexity index is 388. The molecule has 1 amide bonds. The molecule has 0 heterocycles. The molecule has 1 N–H and O–H groups in total. The molecule has 0 radical (unpaired) electrons. The number of para-hydroxylation sites is 1. The fourth-order valence-electron chi connectivity index (χ4n) is 1.98. The Labute approximate surface area is 110 Å². The normalized spacial score (nSPS) is 10.5. The molecule has 0 aliphatic rings. The SMILES string of the molecule is CCCNc1ccccc1C(=O)N(CC)C(C)C. The molecule has 3 nitrogen and oxygen atoms in total. The number of benzene rings is 1. The van der Waals surface area contributed by atoms with Crippen LogP contribution in [0.4, 0.5) is 5.69 Å². The van der Waals surface area contributed by atoms with Crippen LogP contribution in [-0.4, -0.2) is 29.9 Å². The minimum Gasteiger partial charge on any atom is -0.384 e. The van der Waals surface area contributed by atoms with Gasteiger partial charge in [-0.05, 0) is 39.3 Å². The second kappa shape index (κ2) is 7.04. The Morgan fingerprint density at radius 3 is 2.50 bits per heavy atom. The molecule has 0 unspecified atom stereocenters. The van der Waals surface area contributed by atoms with E-state index in [1.165, 1.54) is 0 Å². The van der Waals surface area contributed by atoms with Gasteiger partial charge in [-0.3, -0.25) is 4.79 Å². The minimum absolute atomic E-state index is 0.103. The second-order valence-corrected chi connectivity index (χ2v) is 4.66. The van der Waals surface area contributed by atoms with E-state index in [1.54, 1.807) is 0 Å². The van der Waals surface area contributed by atoms with Crippen LogP contribution in [0.1, 0.15) is 44.5 Å². The average Bonchev–Trinajstić information content (AvgIpc) is 2.37. The van der Waals surface area contributed by atoms with E-state index in [1.807, 2.05) is 49.9 Å². The molecule has 0 saturated carbocycles. The molecular formula is C15H24N2O. The van der Waals surface area contributed by atoms with Crippen LogP contribution in [0.25, 0.3) is 0 Å². The molecule has 1 rings (SSSR count). The third-order valence-corrected chi connectivity index (χ3v) is 2.95. The summed E-state index contributed by atoms with van der Waals surface area (Å²) in [5.74, 6) is 0.103. The summed E-state index contributed by atoms with van der Waals surface area (Å²) in [4.78, 5) is 14.4. The first kappa shape index (κ1) is 14.6. The van der Waals surface area contributed by atoms with Crippen molar-refractivity contribution >= 4 is 11.6 Å². The maximum Gasteiger partial charge on any atom is 0.256 e. The minimum atomic E-state index is 0.103. The molecule has 0 spiro atoms. The number of rotatable bonds is 6. The van der Waals surface area contributed by atoms with E-state index < -0.39 is 0 Å². The lowest BCUT2D eigenvalue weighted by atomic mass is 10.1. The Hall–Kier alpha value is -1.51. The fraction of sp³-hybridized carbons (Fsp3) is 0.533. The summed E-state index contributed by atoms with van der Waals surface area (Å²) in [5, 5.41) is 3.31. The van der Waals surface area contributed by atoms with Gasteiger partial charge in [0, 0.05) is 24.8 Å². The number of anilines is 1. The van der Waals surface area contributed by atoms with Crippen LogP contribution in [0.15, 0.2) is 24.3 Å². The zero-order valence-corrected chi connectivity index (χ0v) is 11.9. The van der Waals surface area contributed by atoms with Gasteiger partial charge >= 0.3 is 0 Å². The topological polar surface area (TPSA) is 32.3 Å². The molecule has 3 heteroatoms. The van der Waals surface area contributed by atoms with Gasteiger partial charge in [0.05, 0.1) is 5.56 Å². The Morgan fingerprint density at radius 2 is 1.94 bits per heavy atom. The third-order valence-electron chi connectivity index (χ3n) is 2.95. The van der Waals surface area contributed by atoms with E-state index >= 15 is 0 Å². The van der Waals surface area contributed by atoms with Gasteiger partial charge in [-0.15, -0.1) is 0 Å². The van der Waals surface area contributed by atoms with Crippen molar-refractivity contribution in [3.8, 4) is 0 Å². The van der Waals surface area contributed by atoms with Gasteiger partial charge in [-0.2, -0.15) is 0 Å². The number of nitrogens with zero attached hydrogens (tertiary/aromatic N) is 1. The summed E-state index contributed by atoms with van der Waals surface area (Å²) < 4.78 is 0. The van der Waals surface area contributed by atoms with Crippen LogP contribution in [0.3, 0.4) is 0 Å². The van der Waals surface area contributed by atoms with Crippen LogP contribution in [0.2, 0.25) is 0 Å². The number of nitrogens with one attached hydrogen (secondary N) is 1. The maximum atomic E-state index is 12.5. The van der Waals surface area contributed by atoms with Crippen molar-refractivity contribution in [3.63, 3.8) is 0 Å². The molecule has 0 atom stereocenters. The van der Waals surface area contributed by atoms with E-state index in [9.17, 15) is 4.79 Å². The van der Waals surface area contributed by atoms with E-state index in [0.717, 1.165) is 30.8 Å². The second-order valence-electron chi connectivity index (χ2n) is 4.66. The summed E-state index contributed by atoms with van der Waals surface area (Å²) >= 11 is 0. The Morgan fingerprint density at radius 1 is 1.28 bits per heavy atom. The Balaban J connectivity index is 2.96. The number of carbonyl (C=O) groups is 1. The lowest BCUT2D eigenvalue weighted by molar-refractivity contribution is 0.0718. The monoisotopic (exact) mass is 248 g/mol. The summed E-state index contributed by atoms with van der Waals surface area (Å²) in [6, 6.07) is 7.96. The lowest BCUT2D eigenvalue weighted by Gasteiger charge is -2.26. The van der Waals surface area contributed by atoms with Crippen LogP contribution >= 0.6 is 0 Å². The summed E-state index contributed by atoms with van der Waals surface area (Å²) in [5.41, 5.74) is 1.70. The molecule has 0 aromatic heterocycles. The van der Waals surface area contributed by atoms with Crippen LogP contribution in [0.5, 0.6) is 0 Å². The van der Waals surface area contributed by atoms with Crippen LogP contribution in [-0.2, 0) is 0 Å². The zero-order valence-electron chi connectivity index (χ0n) is 11.9. The molecule has 0 aliphatic heterocycles. The highest BCUT2D eigenvalue weighted by atomic mass is 16.2. The van der Waals surface area contributed by atoms with Gasteiger partial charge in [0.25, 0.3) is 5.91 Å². The molecular weight excluding hydrogens is 224 g/mol. The first-order chi connectivity index (χ1) is 8.61. The van der Waals surface area contributed by atoms with Gasteiger partial charge in [-0.25, -0.2) is 0 Å². The predicted molar refractivity (Wildman–Crippen MR) is 77.1 cm³/mol. The molecule has 0 saturated heterocycles. The van der Waals surface area contributed by atoms with Crippen molar-refractivity contribution in [1.29, 1.82) is 0 Å². The molecule has 0 aliphatic carbocycles. The van der Waals surface area contributed by atoms with E-state index in [-0.39, 0.29) is 11.9 Å². The summed E-state index contributed by atoms with van der Waals surface area (Å²) in [6.45, 7) is 9.84. The predicted octanol–water partition coefficient (Wildman–Crippen LogP) is 3.38. The molecule has 0 fully saturated rings. The summed E-state index contributed by atoms with van der Waals surface area (Å²) in [7, 11) is 0. The Kier molecular flexibility index (Phi) is 5.69. The highest BCUT2D eigenvalue weighted by Crippen LogP contribution is 2.18. The van der Waals surface area contributed by atoms with E-state index in [0.29, 0.717) is 0 Å². The van der Waals surface area contributed by atoms with Crippen LogP contribution < -0.4 is 5.32 Å². The first-order valence-corrected chi connectivity index (χ1v) is 6.75. The molecule has 1 aromatic rings. The number of carbonyl (C=O) groups excluding carboxylic acids is 1. The van der Waals surface area contributed by atoms with Crippen LogP contribution in [0, 0.1) is 0 Å². The van der Waals surface area contributed by atoms with Crippen molar-refractivity contribution in [3.05, 3.63) is 29.8 Å². The molecule has 100 valence electrons. The zero-order chi connectivity index (χ0) is 13.5. The molecule has 1 aromatic carbocycles. The average molecular weight is 248 g/mol. The van der Waals surface area contributed by atoms with Crippen molar-refractivity contribution in [2.45, 2.75) is 40.2 Å². The van der Waals surface area contributed by atoms with Crippen molar-refractivity contribution in [2.75, 3.05) is 18.4 Å². The van der Waals surface area contributed by atoms with E-state index in [2.05, 4.69) is 12.2 Å². The molecule has 18 heavy (non-hydrogen) atoms. The number of amides is 1. The van der Waals surface area contributed by atoms with Gasteiger partial charge in [0.15, 0.2) is 0 Å². The first-order valence-electron chi connectivity index (χ1n) is 6.75. The quantitative estimate of drug-likeness (QED) is 0.837. The fourth-order valence-corrected chi connectivity index (χ4v) is 1.98. The summed E-state index contributed by atoms with van der Waals surface area (Å²) in [6.07, 6.45) is 1.05. The highest BCUT2D eigenvalue weighted by molar-refractivity contribution is 5.99. The van der Waals surface area contributed by atoms with Crippen molar-refractivity contribution < 1.29 is 4.79 Å². The van der Waals surface area contributed by atoms with E-state index in [4.69, 9.17) is 0 Å². The van der Waals surface area contributed by atoms with Gasteiger partial charge in [0.2, 0.25) is 0 Å². The van der Waals surface area contributed by atoms with Crippen molar-refractivity contribution in [2.24, 2.45) is 0 Å². The van der Waals surface area contributed by atoms with Gasteiger partial charge in [0.1, 0.15) is 0 Å². The smallest absolute Gasteiger partial charge is 0.256 e. The maximum absolute atomic E-state index is 12.5. The lowest BCUT2D eigenvalue weighted by Crippen LogP contribution is -2.37.